The Morgan fingerprint density at radius 3 is 1.21 bits per heavy atom. The minimum absolute atomic E-state index is 0.147. The van der Waals surface area contributed by atoms with E-state index in [4.69, 9.17) is 9.47 Å². The molecule has 0 spiro atoms. The molecule has 0 fully saturated rings. The standard InChI is InChI=1S/C40H66O2/c1-4-6-8-10-12-14-16-17-19-21-23-25-35-42-40-32-30-39(31-33-40)38-28-26-37(27-29-38)36(3)41-34-24-22-20-18-15-13-11-9-7-5-2/h26-33,36H,4-25,34-35H2,1-3H3. The first-order valence-electron chi connectivity index (χ1n) is 18.2. The Morgan fingerprint density at radius 1 is 0.429 bits per heavy atom. The molecule has 0 amide bonds. The minimum Gasteiger partial charge on any atom is -0.494 e. The van der Waals surface area contributed by atoms with Gasteiger partial charge in [-0.05, 0) is 48.6 Å². The van der Waals surface area contributed by atoms with E-state index in [2.05, 4.69) is 69.3 Å². The van der Waals surface area contributed by atoms with Crippen LogP contribution in [0.2, 0.25) is 0 Å². The van der Waals surface area contributed by atoms with E-state index in [9.17, 15) is 0 Å². The molecule has 2 aromatic rings. The Hall–Kier alpha value is -1.80. The van der Waals surface area contributed by atoms with Gasteiger partial charge < -0.3 is 9.47 Å². The first kappa shape index (κ1) is 36.4. The Bertz CT molecular complexity index is 841. The van der Waals surface area contributed by atoms with Crippen molar-refractivity contribution in [3.8, 4) is 16.9 Å². The molecule has 0 N–H and O–H groups in total. The highest BCUT2D eigenvalue weighted by molar-refractivity contribution is 5.64. The van der Waals surface area contributed by atoms with Crippen LogP contribution >= 0.6 is 0 Å². The molecule has 0 saturated heterocycles. The number of hydrogen-bond acceptors (Lipinski definition) is 2. The molecule has 2 heteroatoms. The van der Waals surface area contributed by atoms with Crippen LogP contribution < -0.4 is 4.74 Å². The number of hydrogen-bond donors (Lipinski definition) is 0. The smallest absolute Gasteiger partial charge is 0.119 e. The largest absolute Gasteiger partial charge is 0.494 e. The topological polar surface area (TPSA) is 18.5 Å². The third-order valence-electron chi connectivity index (χ3n) is 8.70. The molecule has 42 heavy (non-hydrogen) atoms. The minimum atomic E-state index is 0.147. The van der Waals surface area contributed by atoms with Crippen molar-refractivity contribution in [1.82, 2.24) is 0 Å². The number of benzene rings is 2. The van der Waals surface area contributed by atoms with Crippen LogP contribution in [0.15, 0.2) is 48.5 Å². The second kappa shape index (κ2) is 25.7. The van der Waals surface area contributed by atoms with Crippen molar-refractivity contribution < 1.29 is 9.47 Å². The second-order valence-electron chi connectivity index (χ2n) is 12.6. The van der Waals surface area contributed by atoms with Crippen LogP contribution in [0.5, 0.6) is 5.75 Å². The summed E-state index contributed by atoms with van der Waals surface area (Å²) in [6.07, 6.45) is 30.2. The van der Waals surface area contributed by atoms with Gasteiger partial charge in [-0.15, -0.1) is 0 Å². The van der Waals surface area contributed by atoms with Crippen LogP contribution in [0.25, 0.3) is 11.1 Å². The molecule has 2 nitrogen and oxygen atoms in total. The Kier molecular flexibility index (Phi) is 22.2. The van der Waals surface area contributed by atoms with Crippen molar-refractivity contribution in [3.05, 3.63) is 54.1 Å². The van der Waals surface area contributed by atoms with E-state index in [1.165, 1.54) is 152 Å². The van der Waals surface area contributed by atoms with Crippen LogP contribution in [0.1, 0.15) is 174 Å². The molecule has 2 aromatic carbocycles. The zero-order chi connectivity index (χ0) is 29.9. The van der Waals surface area contributed by atoms with E-state index in [1.54, 1.807) is 0 Å². The summed E-state index contributed by atoms with van der Waals surface area (Å²) in [4.78, 5) is 0. The maximum absolute atomic E-state index is 6.14. The molecule has 0 bridgehead atoms. The lowest BCUT2D eigenvalue weighted by atomic mass is 10.0. The van der Waals surface area contributed by atoms with Crippen LogP contribution in [-0.2, 0) is 4.74 Å². The zero-order valence-corrected chi connectivity index (χ0v) is 28.0. The van der Waals surface area contributed by atoms with Crippen molar-refractivity contribution in [3.63, 3.8) is 0 Å². The molecule has 238 valence electrons. The molecule has 0 heterocycles. The molecular weight excluding hydrogens is 512 g/mol. The average Bonchev–Trinajstić information content (AvgIpc) is 3.02. The number of ether oxygens (including phenoxy) is 2. The van der Waals surface area contributed by atoms with Crippen LogP contribution in [0.4, 0.5) is 0 Å². The summed E-state index contributed by atoms with van der Waals surface area (Å²) in [6.45, 7) is 8.43. The summed E-state index contributed by atoms with van der Waals surface area (Å²) in [6, 6.07) is 17.5. The van der Waals surface area contributed by atoms with Crippen molar-refractivity contribution in [2.24, 2.45) is 0 Å². The highest BCUT2D eigenvalue weighted by Crippen LogP contribution is 2.26. The van der Waals surface area contributed by atoms with E-state index < -0.39 is 0 Å². The third kappa shape index (κ3) is 18.0. The second-order valence-corrected chi connectivity index (χ2v) is 12.6. The fourth-order valence-corrected chi connectivity index (χ4v) is 5.77. The fraction of sp³-hybridized carbons (Fsp3) is 0.700. The number of unbranched alkanes of at least 4 members (excludes halogenated alkanes) is 20. The SMILES string of the molecule is CCCCCCCCCCCCCCOc1ccc(-c2ccc(C(C)OCCCCCCCCCCCC)cc2)cc1. The molecule has 1 unspecified atom stereocenters. The predicted octanol–water partition coefficient (Wildman–Crippen LogP) is 13.4. The first-order chi connectivity index (χ1) is 20.7. The molecule has 0 aliphatic rings. The number of rotatable bonds is 28. The summed E-state index contributed by atoms with van der Waals surface area (Å²) in [5.41, 5.74) is 3.74. The average molecular weight is 579 g/mol. The van der Waals surface area contributed by atoms with Crippen LogP contribution in [0, 0.1) is 0 Å². The molecule has 0 radical (unpaired) electrons. The van der Waals surface area contributed by atoms with E-state index in [1.807, 2.05) is 0 Å². The van der Waals surface area contributed by atoms with Crippen LogP contribution in [0.3, 0.4) is 0 Å². The summed E-state index contributed by atoms with van der Waals surface area (Å²) < 4.78 is 12.2. The molecule has 2 rings (SSSR count). The van der Waals surface area contributed by atoms with Crippen LogP contribution in [-0.4, -0.2) is 13.2 Å². The van der Waals surface area contributed by atoms with E-state index >= 15 is 0 Å². The maximum atomic E-state index is 6.14. The molecule has 0 saturated carbocycles. The van der Waals surface area contributed by atoms with Crippen molar-refractivity contribution in [2.45, 2.75) is 168 Å². The highest BCUT2D eigenvalue weighted by atomic mass is 16.5. The van der Waals surface area contributed by atoms with Gasteiger partial charge in [-0.2, -0.15) is 0 Å². The molecule has 0 aliphatic heterocycles. The fourth-order valence-electron chi connectivity index (χ4n) is 5.77. The van der Waals surface area contributed by atoms with Crippen molar-refractivity contribution >= 4 is 0 Å². The lowest BCUT2D eigenvalue weighted by Crippen LogP contribution is -2.01. The molecule has 1 atom stereocenters. The van der Waals surface area contributed by atoms with Gasteiger partial charge in [-0.25, -0.2) is 0 Å². The predicted molar refractivity (Wildman–Crippen MR) is 185 cm³/mol. The quantitative estimate of drug-likeness (QED) is 0.0935. The Morgan fingerprint density at radius 2 is 0.786 bits per heavy atom. The molecule has 0 aromatic heterocycles. The van der Waals surface area contributed by atoms with Gasteiger partial charge in [0.25, 0.3) is 0 Å². The monoisotopic (exact) mass is 579 g/mol. The van der Waals surface area contributed by atoms with Crippen molar-refractivity contribution in [2.75, 3.05) is 13.2 Å². The van der Waals surface area contributed by atoms with E-state index in [-0.39, 0.29) is 6.10 Å². The summed E-state index contributed by atoms with van der Waals surface area (Å²) in [7, 11) is 0. The normalized spacial score (nSPS) is 12.1. The summed E-state index contributed by atoms with van der Waals surface area (Å²) in [5, 5.41) is 0. The van der Waals surface area contributed by atoms with Gasteiger partial charge in [0.2, 0.25) is 0 Å². The molecular formula is C40H66O2. The maximum Gasteiger partial charge on any atom is 0.119 e. The van der Waals surface area contributed by atoms with Gasteiger partial charge in [0.05, 0.1) is 12.7 Å². The van der Waals surface area contributed by atoms with E-state index in [0.717, 1.165) is 25.4 Å². The lowest BCUT2D eigenvalue weighted by molar-refractivity contribution is 0.0627. The van der Waals surface area contributed by atoms with Gasteiger partial charge in [-0.3, -0.25) is 0 Å². The Labute approximate surface area is 261 Å². The highest BCUT2D eigenvalue weighted by Gasteiger charge is 2.07. The van der Waals surface area contributed by atoms with Crippen molar-refractivity contribution in [1.29, 1.82) is 0 Å². The summed E-state index contributed by atoms with van der Waals surface area (Å²) >= 11 is 0. The van der Waals surface area contributed by atoms with E-state index in [0.29, 0.717) is 0 Å². The third-order valence-corrected chi connectivity index (χ3v) is 8.70. The zero-order valence-electron chi connectivity index (χ0n) is 28.0. The van der Waals surface area contributed by atoms with Gasteiger partial charge >= 0.3 is 0 Å². The summed E-state index contributed by atoms with van der Waals surface area (Å²) in [5.74, 6) is 0.979. The Balaban J connectivity index is 1.51. The van der Waals surface area contributed by atoms with Gasteiger partial charge in [-0.1, -0.05) is 179 Å². The van der Waals surface area contributed by atoms with Gasteiger partial charge in [0.1, 0.15) is 5.75 Å². The first-order valence-corrected chi connectivity index (χ1v) is 18.2. The lowest BCUT2D eigenvalue weighted by Gasteiger charge is -2.14. The van der Waals surface area contributed by atoms with Gasteiger partial charge in [0, 0.05) is 6.61 Å². The van der Waals surface area contributed by atoms with Gasteiger partial charge in [0.15, 0.2) is 0 Å². The molecule has 0 aliphatic carbocycles.